The number of hydrogen-bond acceptors (Lipinski definition) is 10. The van der Waals surface area contributed by atoms with E-state index in [1.165, 1.54) is 0 Å². The Kier molecular flexibility index (Phi) is 25.3. The van der Waals surface area contributed by atoms with E-state index in [1.54, 1.807) is 0 Å². The van der Waals surface area contributed by atoms with Gasteiger partial charge >= 0.3 is 0 Å². The van der Waals surface area contributed by atoms with Crippen molar-refractivity contribution in [3.05, 3.63) is 0 Å². The third-order valence-electron chi connectivity index (χ3n) is 3.92. The maximum atomic E-state index is 9.72. The highest BCUT2D eigenvalue weighted by atomic mass is 28.4. The molecule has 2 N–H and O–H groups in total. The molecule has 0 aliphatic carbocycles. The molecule has 0 aliphatic rings. The first kappa shape index (κ1) is 31.8. The minimum Gasteiger partial charge on any atom is -0.432 e. The third kappa shape index (κ3) is 29.8. The minimum atomic E-state index is -1.94. The van der Waals surface area contributed by atoms with Gasteiger partial charge in [0.05, 0.1) is 106 Å². The molecule has 0 atom stereocenters. The molecular formula is C21H46O10Si. The zero-order valence-electron chi connectivity index (χ0n) is 20.1. The van der Waals surface area contributed by atoms with Crippen LogP contribution in [0.3, 0.4) is 0 Å². The molecule has 0 saturated carbocycles. The first-order valence-electron chi connectivity index (χ1n) is 11.5. The summed E-state index contributed by atoms with van der Waals surface area (Å²) in [6, 6.07) is 0.866. The van der Waals surface area contributed by atoms with Gasteiger partial charge in [-0.3, -0.25) is 0 Å². The van der Waals surface area contributed by atoms with E-state index in [1.807, 2.05) is 13.1 Å². The highest BCUT2D eigenvalue weighted by Gasteiger charge is 2.15. The third-order valence-corrected chi connectivity index (χ3v) is 5.49. The lowest BCUT2D eigenvalue weighted by molar-refractivity contribution is -0.0238. The summed E-state index contributed by atoms with van der Waals surface area (Å²) in [6.07, 6.45) is 0.900. The molecule has 0 aromatic carbocycles. The highest BCUT2D eigenvalue weighted by Crippen LogP contribution is 2.07. The minimum absolute atomic E-state index is 0.0301. The molecule has 0 unspecified atom stereocenters. The molecule has 0 rings (SSSR count). The Hall–Kier alpha value is -0.183. The first-order valence-corrected chi connectivity index (χ1v) is 14.7. The summed E-state index contributed by atoms with van der Waals surface area (Å²) in [4.78, 5) is 9.72. The van der Waals surface area contributed by atoms with Gasteiger partial charge < -0.3 is 47.8 Å². The molecule has 0 amide bonds. The Bertz CT molecular complexity index is 358. The Morgan fingerprint density at radius 2 is 0.688 bits per heavy atom. The van der Waals surface area contributed by atoms with Crippen LogP contribution in [0.4, 0.5) is 0 Å². The average Bonchev–Trinajstić information content (AvgIpc) is 2.75. The summed E-state index contributed by atoms with van der Waals surface area (Å²) in [5.74, 6) is 0. The number of hydrogen-bond donors (Lipinski definition) is 2. The van der Waals surface area contributed by atoms with Crippen molar-refractivity contribution in [1.29, 1.82) is 0 Å². The van der Waals surface area contributed by atoms with Crippen molar-refractivity contribution in [3.8, 4) is 0 Å². The number of ether oxygens (including phenoxy) is 8. The Morgan fingerprint density at radius 3 is 0.938 bits per heavy atom. The molecule has 10 nitrogen and oxygen atoms in total. The SMILES string of the molecule is C[Si](C)(O)CCCOCCOCCOCCOCCOCCOCCOCCOCCO. The fraction of sp³-hybridized carbons (Fsp3) is 1.00. The highest BCUT2D eigenvalue weighted by molar-refractivity contribution is 6.69. The Balaban J connectivity index is 3.02. The van der Waals surface area contributed by atoms with Gasteiger partial charge in [-0.25, -0.2) is 0 Å². The maximum Gasteiger partial charge on any atom is 0.182 e. The van der Waals surface area contributed by atoms with Crippen LogP contribution in [-0.2, 0) is 37.9 Å². The fourth-order valence-corrected chi connectivity index (χ4v) is 3.32. The summed E-state index contributed by atoms with van der Waals surface area (Å²) >= 11 is 0. The van der Waals surface area contributed by atoms with Gasteiger partial charge in [0.25, 0.3) is 0 Å². The second-order valence-corrected chi connectivity index (χ2v) is 11.7. The summed E-state index contributed by atoms with van der Waals surface area (Å²) in [5, 5.41) is 8.54. The molecule has 194 valence electrons. The molecule has 0 saturated heterocycles. The van der Waals surface area contributed by atoms with Crippen LogP contribution in [0.1, 0.15) is 6.42 Å². The van der Waals surface area contributed by atoms with Crippen molar-refractivity contribution in [3.63, 3.8) is 0 Å². The molecule has 11 heteroatoms. The van der Waals surface area contributed by atoms with Crippen molar-refractivity contribution in [2.45, 2.75) is 25.6 Å². The standard InChI is InChI=1S/C21H46O10Si/c1-32(2,23)21-3-5-24-7-9-26-11-13-28-15-17-30-19-20-31-18-16-29-14-12-27-10-8-25-6-4-22/h22-23H,3-21H2,1-2H3. The van der Waals surface area contributed by atoms with Gasteiger partial charge in [-0.1, -0.05) is 0 Å². The molecule has 0 fully saturated rings. The van der Waals surface area contributed by atoms with Crippen LogP contribution in [0, 0.1) is 0 Å². The zero-order valence-corrected chi connectivity index (χ0v) is 21.1. The maximum absolute atomic E-state index is 9.72. The first-order chi connectivity index (χ1) is 15.6. The Labute approximate surface area is 194 Å². The summed E-state index contributed by atoms with van der Waals surface area (Å²) in [6.45, 7) is 12.2. The fourth-order valence-electron chi connectivity index (χ4n) is 2.31. The van der Waals surface area contributed by atoms with E-state index in [-0.39, 0.29) is 6.61 Å². The van der Waals surface area contributed by atoms with Crippen molar-refractivity contribution >= 4 is 8.32 Å². The molecular weight excluding hydrogens is 440 g/mol. The summed E-state index contributed by atoms with van der Waals surface area (Å²) in [5.41, 5.74) is 0. The number of aliphatic hydroxyl groups is 1. The van der Waals surface area contributed by atoms with Crippen molar-refractivity contribution in [2.75, 3.05) is 112 Å². The lowest BCUT2D eigenvalue weighted by Gasteiger charge is -2.13. The van der Waals surface area contributed by atoms with E-state index in [0.717, 1.165) is 12.5 Å². The van der Waals surface area contributed by atoms with Crippen LogP contribution >= 0.6 is 0 Å². The van der Waals surface area contributed by atoms with Crippen LogP contribution in [0.25, 0.3) is 0 Å². The van der Waals surface area contributed by atoms with E-state index in [2.05, 4.69) is 0 Å². The zero-order chi connectivity index (χ0) is 23.6. The predicted molar refractivity (Wildman–Crippen MR) is 123 cm³/mol. The van der Waals surface area contributed by atoms with Gasteiger partial charge in [0, 0.05) is 6.61 Å². The van der Waals surface area contributed by atoms with Gasteiger partial charge in [0.15, 0.2) is 8.32 Å². The van der Waals surface area contributed by atoms with Gasteiger partial charge in [-0.05, 0) is 25.6 Å². The second-order valence-electron chi connectivity index (χ2n) is 7.54. The molecule has 0 bridgehead atoms. The van der Waals surface area contributed by atoms with Crippen LogP contribution < -0.4 is 0 Å². The average molecular weight is 487 g/mol. The number of rotatable bonds is 27. The monoisotopic (exact) mass is 486 g/mol. The topological polar surface area (TPSA) is 114 Å². The second kappa shape index (κ2) is 25.4. The van der Waals surface area contributed by atoms with Gasteiger partial charge in [-0.15, -0.1) is 0 Å². The van der Waals surface area contributed by atoms with E-state index in [0.29, 0.717) is 106 Å². The molecule has 0 heterocycles. The van der Waals surface area contributed by atoms with E-state index in [4.69, 9.17) is 43.0 Å². The van der Waals surface area contributed by atoms with Crippen molar-refractivity contribution in [2.24, 2.45) is 0 Å². The molecule has 0 spiro atoms. The smallest absolute Gasteiger partial charge is 0.182 e. The van der Waals surface area contributed by atoms with Crippen LogP contribution in [-0.4, -0.2) is 131 Å². The van der Waals surface area contributed by atoms with Crippen molar-refractivity contribution < 1.29 is 47.8 Å². The number of aliphatic hydroxyl groups excluding tert-OH is 1. The quantitative estimate of drug-likeness (QED) is 0.127. The van der Waals surface area contributed by atoms with E-state index >= 15 is 0 Å². The predicted octanol–water partition coefficient (Wildman–Crippen LogP) is 0.699. The Morgan fingerprint density at radius 1 is 0.438 bits per heavy atom. The molecule has 32 heavy (non-hydrogen) atoms. The van der Waals surface area contributed by atoms with Gasteiger partial charge in [0.1, 0.15) is 0 Å². The molecule has 0 radical (unpaired) electrons. The molecule has 0 aliphatic heterocycles. The van der Waals surface area contributed by atoms with Gasteiger partial charge in [0.2, 0.25) is 0 Å². The lowest BCUT2D eigenvalue weighted by Crippen LogP contribution is -2.24. The summed E-state index contributed by atoms with van der Waals surface area (Å²) < 4.78 is 42.9. The molecule has 0 aromatic heterocycles. The van der Waals surface area contributed by atoms with E-state index in [9.17, 15) is 4.80 Å². The van der Waals surface area contributed by atoms with Crippen LogP contribution in [0.15, 0.2) is 0 Å². The van der Waals surface area contributed by atoms with Crippen molar-refractivity contribution in [1.82, 2.24) is 0 Å². The van der Waals surface area contributed by atoms with Crippen LogP contribution in [0.5, 0.6) is 0 Å². The van der Waals surface area contributed by atoms with Crippen LogP contribution in [0.2, 0.25) is 19.1 Å². The van der Waals surface area contributed by atoms with E-state index < -0.39 is 8.32 Å². The van der Waals surface area contributed by atoms with Gasteiger partial charge in [-0.2, -0.15) is 0 Å². The largest absolute Gasteiger partial charge is 0.432 e. The summed E-state index contributed by atoms with van der Waals surface area (Å²) in [7, 11) is -1.94. The normalized spacial score (nSPS) is 12.0. The lowest BCUT2D eigenvalue weighted by atomic mass is 10.5. The molecule has 0 aromatic rings.